The van der Waals surface area contributed by atoms with E-state index in [0.717, 1.165) is 10.9 Å². The zero-order valence-corrected chi connectivity index (χ0v) is 16.9. The van der Waals surface area contributed by atoms with Gasteiger partial charge in [0.1, 0.15) is 5.69 Å². The van der Waals surface area contributed by atoms with E-state index >= 15 is 0 Å². The van der Waals surface area contributed by atoms with Crippen molar-refractivity contribution in [2.75, 3.05) is 31.5 Å². The normalized spacial score (nSPS) is 16.0. The largest absolute Gasteiger partial charge is 0.351 e. The van der Waals surface area contributed by atoms with Crippen molar-refractivity contribution in [3.05, 3.63) is 65.3 Å². The molecule has 150 valence electrons. The van der Waals surface area contributed by atoms with Gasteiger partial charge in [-0.25, -0.2) is 0 Å². The lowest BCUT2D eigenvalue weighted by atomic mass is 10.2. The van der Waals surface area contributed by atoms with Crippen molar-refractivity contribution in [3.63, 3.8) is 0 Å². The summed E-state index contributed by atoms with van der Waals surface area (Å²) in [6, 6.07) is 16.6. The highest BCUT2D eigenvalue weighted by Crippen LogP contribution is 2.21. The Hall–Kier alpha value is -2.83. The lowest BCUT2D eigenvalue weighted by Crippen LogP contribution is -2.54. The van der Waals surface area contributed by atoms with E-state index in [-0.39, 0.29) is 17.9 Å². The van der Waals surface area contributed by atoms with Crippen LogP contribution in [0.25, 0.3) is 10.9 Å². The maximum absolute atomic E-state index is 12.8. The van der Waals surface area contributed by atoms with Gasteiger partial charge in [-0.1, -0.05) is 41.9 Å². The molecule has 29 heavy (non-hydrogen) atoms. The molecule has 2 aromatic carbocycles. The third kappa shape index (κ3) is 4.13. The molecular weight excluding hydrogens is 388 g/mol. The first-order valence-electron chi connectivity index (χ1n) is 9.69. The molecule has 1 aliphatic heterocycles. The Bertz CT molecular complexity index is 1010. The molecule has 1 saturated heterocycles. The van der Waals surface area contributed by atoms with E-state index in [4.69, 9.17) is 11.6 Å². The second-order valence-electron chi connectivity index (χ2n) is 7.24. The number of anilines is 1. The number of aromatic nitrogens is 1. The van der Waals surface area contributed by atoms with E-state index in [1.807, 2.05) is 54.3 Å². The van der Waals surface area contributed by atoms with Gasteiger partial charge in [-0.05, 0) is 31.2 Å². The van der Waals surface area contributed by atoms with Gasteiger partial charge in [0.2, 0.25) is 5.91 Å². The number of hydrogen-bond acceptors (Lipinski definition) is 3. The van der Waals surface area contributed by atoms with Crippen molar-refractivity contribution in [1.29, 1.82) is 0 Å². The molecule has 3 aromatic rings. The lowest BCUT2D eigenvalue weighted by Gasteiger charge is -2.37. The highest BCUT2D eigenvalue weighted by molar-refractivity contribution is 6.33. The van der Waals surface area contributed by atoms with E-state index in [1.165, 1.54) is 0 Å². The van der Waals surface area contributed by atoms with Gasteiger partial charge in [0.25, 0.3) is 5.91 Å². The fourth-order valence-corrected chi connectivity index (χ4v) is 3.82. The van der Waals surface area contributed by atoms with E-state index in [0.29, 0.717) is 42.6 Å². The molecule has 1 aliphatic rings. The summed E-state index contributed by atoms with van der Waals surface area (Å²) in [5.74, 6) is -0.109. The summed E-state index contributed by atoms with van der Waals surface area (Å²) >= 11 is 6.12. The Morgan fingerprint density at radius 2 is 1.72 bits per heavy atom. The van der Waals surface area contributed by atoms with Crippen molar-refractivity contribution in [2.24, 2.45) is 0 Å². The smallest absolute Gasteiger partial charge is 0.270 e. The highest BCUT2D eigenvalue weighted by Gasteiger charge is 2.28. The minimum absolute atomic E-state index is 0.00554. The Kier molecular flexibility index (Phi) is 5.56. The molecule has 2 amide bonds. The lowest BCUT2D eigenvalue weighted by molar-refractivity contribution is -0.121. The van der Waals surface area contributed by atoms with Crippen LogP contribution in [0.3, 0.4) is 0 Å². The average Bonchev–Trinajstić information content (AvgIpc) is 3.18. The summed E-state index contributed by atoms with van der Waals surface area (Å²) in [6.07, 6.45) is 0. The second kappa shape index (κ2) is 8.27. The van der Waals surface area contributed by atoms with Gasteiger partial charge < -0.3 is 15.2 Å². The predicted octanol–water partition coefficient (Wildman–Crippen LogP) is 3.61. The van der Waals surface area contributed by atoms with Crippen molar-refractivity contribution in [1.82, 2.24) is 14.8 Å². The minimum Gasteiger partial charge on any atom is -0.351 e. The van der Waals surface area contributed by atoms with Crippen LogP contribution in [0, 0.1) is 0 Å². The fourth-order valence-electron chi connectivity index (χ4n) is 3.64. The van der Waals surface area contributed by atoms with Crippen molar-refractivity contribution in [2.45, 2.75) is 13.0 Å². The highest BCUT2D eigenvalue weighted by atomic mass is 35.5. The number of carbonyl (C=O) groups is 2. The molecular formula is C22H23ClN4O2. The van der Waals surface area contributed by atoms with Gasteiger partial charge in [-0.15, -0.1) is 0 Å². The third-order valence-electron chi connectivity index (χ3n) is 5.42. The number of fused-ring (bicyclic) bond motifs is 1. The number of carbonyl (C=O) groups excluding carboxylic acids is 2. The molecule has 4 rings (SSSR count). The number of para-hydroxylation sites is 2. The molecule has 1 atom stereocenters. The number of benzene rings is 2. The Morgan fingerprint density at radius 1 is 1.03 bits per heavy atom. The molecule has 1 unspecified atom stereocenters. The van der Waals surface area contributed by atoms with Gasteiger partial charge in [0.15, 0.2) is 0 Å². The average molecular weight is 411 g/mol. The van der Waals surface area contributed by atoms with Crippen molar-refractivity contribution < 1.29 is 9.59 Å². The van der Waals surface area contributed by atoms with Crippen LogP contribution < -0.4 is 5.32 Å². The number of nitrogens with zero attached hydrogens (tertiary/aromatic N) is 2. The third-order valence-corrected chi connectivity index (χ3v) is 5.75. The van der Waals surface area contributed by atoms with Crippen LogP contribution >= 0.6 is 11.6 Å². The molecule has 2 N–H and O–H groups in total. The predicted molar refractivity (Wildman–Crippen MR) is 115 cm³/mol. The topological polar surface area (TPSA) is 68.4 Å². The van der Waals surface area contributed by atoms with Gasteiger partial charge >= 0.3 is 0 Å². The molecule has 0 saturated carbocycles. The van der Waals surface area contributed by atoms with Gasteiger partial charge in [-0.2, -0.15) is 0 Å². The van der Waals surface area contributed by atoms with Crippen LogP contribution in [0.2, 0.25) is 5.02 Å². The standard InChI is InChI=1S/C22H23ClN4O2/c1-15(21(28)25-19-9-5-3-7-17(19)23)26-10-12-27(13-11-26)22(29)20-14-16-6-2-4-8-18(16)24-20/h2-9,14-15,24H,10-13H2,1H3,(H,25,28). The first-order chi connectivity index (χ1) is 14.0. The summed E-state index contributed by atoms with van der Waals surface area (Å²) in [7, 11) is 0. The summed E-state index contributed by atoms with van der Waals surface area (Å²) < 4.78 is 0. The van der Waals surface area contributed by atoms with Crippen LogP contribution in [0.1, 0.15) is 17.4 Å². The number of amides is 2. The zero-order chi connectivity index (χ0) is 20.4. The number of halogens is 1. The maximum Gasteiger partial charge on any atom is 0.270 e. The monoisotopic (exact) mass is 410 g/mol. The first kappa shape index (κ1) is 19.5. The summed E-state index contributed by atoms with van der Waals surface area (Å²) in [6.45, 7) is 4.32. The van der Waals surface area contributed by atoms with E-state index in [2.05, 4.69) is 15.2 Å². The second-order valence-corrected chi connectivity index (χ2v) is 7.65. The molecule has 0 aliphatic carbocycles. The Morgan fingerprint density at radius 3 is 2.45 bits per heavy atom. The van der Waals surface area contributed by atoms with Gasteiger partial charge in [-0.3, -0.25) is 14.5 Å². The maximum atomic E-state index is 12.8. The Labute approximate surface area is 174 Å². The molecule has 6 nitrogen and oxygen atoms in total. The van der Waals surface area contributed by atoms with E-state index < -0.39 is 0 Å². The molecule has 0 bridgehead atoms. The van der Waals surface area contributed by atoms with Gasteiger partial charge in [0, 0.05) is 37.1 Å². The number of piperazine rings is 1. The van der Waals surface area contributed by atoms with Gasteiger partial charge in [0.05, 0.1) is 16.8 Å². The van der Waals surface area contributed by atoms with E-state index in [9.17, 15) is 9.59 Å². The number of H-pyrrole nitrogens is 1. The molecule has 0 radical (unpaired) electrons. The number of aromatic amines is 1. The van der Waals surface area contributed by atoms with Crippen LogP contribution in [-0.2, 0) is 4.79 Å². The molecule has 0 spiro atoms. The summed E-state index contributed by atoms with van der Waals surface area (Å²) in [5, 5.41) is 4.43. The van der Waals surface area contributed by atoms with Crippen LogP contribution in [0.15, 0.2) is 54.6 Å². The van der Waals surface area contributed by atoms with Crippen molar-refractivity contribution >= 4 is 40.0 Å². The molecule has 1 aromatic heterocycles. The number of hydrogen-bond donors (Lipinski definition) is 2. The summed E-state index contributed by atoms with van der Waals surface area (Å²) in [4.78, 5) is 32.6. The minimum atomic E-state index is -0.309. The molecule has 7 heteroatoms. The fraction of sp³-hybridized carbons (Fsp3) is 0.273. The summed E-state index contributed by atoms with van der Waals surface area (Å²) in [5.41, 5.74) is 2.17. The SMILES string of the molecule is CC(C(=O)Nc1ccccc1Cl)N1CCN(C(=O)c2cc3ccccc3[nH]2)CC1. The number of nitrogens with one attached hydrogen (secondary N) is 2. The Balaban J connectivity index is 1.35. The van der Waals surface area contributed by atoms with Crippen LogP contribution in [0.4, 0.5) is 5.69 Å². The zero-order valence-electron chi connectivity index (χ0n) is 16.2. The van der Waals surface area contributed by atoms with Crippen molar-refractivity contribution in [3.8, 4) is 0 Å². The van der Waals surface area contributed by atoms with Crippen LogP contribution in [0.5, 0.6) is 0 Å². The van der Waals surface area contributed by atoms with Crippen LogP contribution in [-0.4, -0.2) is 58.8 Å². The first-order valence-corrected chi connectivity index (χ1v) is 10.1. The molecule has 2 heterocycles. The quantitative estimate of drug-likeness (QED) is 0.690. The molecule has 1 fully saturated rings. The van der Waals surface area contributed by atoms with E-state index in [1.54, 1.807) is 12.1 Å². The number of rotatable bonds is 4.